The lowest BCUT2D eigenvalue weighted by Gasteiger charge is -2.41. The minimum atomic E-state index is -0.866. The average molecular weight is 476 g/mol. The lowest BCUT2D eigenvalue weighted by molar-refractivity contribution is -0.144. The number of carbonyl (C=O) groups is 1. The maximum Gasteiger partial charge on any atom is 0.249 e. The SMILES string of the molecule is COc1ccc2ncc(Cl)c(C(O)CCC3(C(=O)NO)CCN(CC4CCCC4)CC3)c2c1. The van der Waals surface area contributed by atoms with Crippen LogP contribution in [0.1, 0.15) is 63.0 Å². The zero-order chi connectivity index (χ0) is 23.4. The number of nitrogens with zero attached hydrogens (tertiary/aromatic N) is 2. The van der Waals surface area contributed by atoms with Crippen LogP contribution in [-0.2, 0) is 4.79 Å². The number of aromatic nitrogens is 1. The van der Waals surface area contributed by atoms with E-state index in [0.29, 0.717) is 42.0 Å². The van der Waals surface area contributed by atoms with E-state index < -0.39 is 11.5 Å². The number of rotatable bonds is 8. The Kier molecular flexibility index (Phi) is 7.74. The molecule has 1 aromatic heterocycles. The Morgan fingerprint density at radius 1 is 1.33 bits per heavy atom. The minimum Gasteiger partial charge on any atom is -0.497 e. The molecule has 4 rings (SSSR count). The summed E-state index contributed by atoms with van der Waals surface area (Å²) < 4.78 is 5.33. The third-order valence-electron chi connectivity index (χ3n) is 7.69. The number of halogens is 1. The Balaban J connectivity index is 1.47. The molecular weight excluding hydrogens is 442 g/mol. The van der Waals surface area contributed by atoms with Gasteiger partial charge in [0.1, 0.15) is 5.75 Å². The van der Waals surface area contributed by atoms with Crippen molar-refractivity contribution in [1.29, 1.82) is 0 Å². The van der Waals surface area contributed by atoms with E-state index in [2.05, 4.69) is 9.88 Å². The van der Waals surface area contributed by atoms with Gasteiger partial charge in [-0.15, -0.1) is 0 Å². The summed E-state index contributed by atoms with van der Waals surface area (Å²) in [6, 6.07) is 5.48. The fourth-order valence-corrected chi connectivity index (χ4v) is 5.90. The normalized spacial score (nSPS) is 20.1. The number of methoxy groups -OCH3 is 1. The molecule has 1 atom stereocenters. The second kappa shape index (κ2) is 10.6. The first kappa shape index (κ1) is 24.2. The van der Waals surface area contributed by atoms with Gasteiger partial charge in [-0.3, -0.25) is 15.0 Å². The van der Waals surface area contributed by atoms with E-state index in [1.807, 2.05) is 23.7 Å². The smallest absolute Gasteiger partial charge is 0.249 e. The number of fused-ring (bicyclic) bond motifs is 1. The van der Waals surface area contributed by atoms with Crippen LogP contribution in [0.5, 0.6) is 5.75 Å². The summed E-state index contributed by atoms with van der Waals surface area (Å²) in [7, 11) is 1.59. The molecule has 180 valence electrons. The second-order valence-corrected chi connectivity index (χ2v) is 10.0. The molecule has 3 N–H and O–H groups in total. The zero-order valence-corrected chi connectivity index (χ0v) is 20.0. The Hall–Kier alpha value is -1.93. The molecule has 2 aliphatic rings. The van der Waals surface area contributed by atoms with Crippen LogP contribution in [0.4, 0.5) is 0 Å². The molecule has 1 saturated heterocycles. The van der Waals surface area contributed by atoms with Gasteiger partial charge in [-0.1, -0.05) is 24.4 Å². The van der Waals surface area contributed by atoms with Gasteiger partial charge >= 0.3 is 0 Å². The maximum atomic E-state index is 12.7. The fraction of sp³-hybridized carbons (Fsp3) is 0.600. The van der Waals surface area contributed by atoms with Crippen LogP contribution in [0.3, 0.4) is 0 Å². The third kappa shape index (κ3) is 5.27. The molecule has 33 heavy (non-hydrogen) atoms. The van der Waals surface area contributed by atoms with Crippen LogP contribution in [0.25, 0.3) is 10.9 Å². The van der Waals surface area contributed by atoms with Crippen LogP contribution in [-0.4, -0.2) is 52.8 Å². The van der Waals surface area contributed by atoms with Crippen molar-refractivity contribution in [2.75, 3.05) is 26.7 Å². The molecule has 0 spiro atoms. The number of hydrogen-bond acceptors (Lipinski definition) is 6. The van der Waals surface area contributed by atoms with Gasteiger partial charge in [-0.05, 0) is 75.7 Å². The number of hydrogen-bond donors (Lipinski definition) is 3. The molecule has 2 fully saturated rings. The first-order valence-corrected chi connectivity index (χ1v) is 12.3. The van der Waals surface area contributed by atoms with Crippen molar-refractivity contribution in [3.05, 3.63) is 35.0 Å². The van der Waals surface area contributed by atoms with Crippen molar-refractivity contribution in [2.24, 2.45) is 11.3 Å². The van der Waals surface area contributed by atoms with Crippen molar-refractivity contribution in [3.63, 3.8) is 0 Å². The summed E-state index contributed by atoms with van der Waals surface area (Å²) in [4.78, 5) is 19.5. The number of pyridine rings is 1. The molecule has 0 radical (unpaired) electrons. The van der Waals surface area contributed by atoms with E-state index in [-0.39, 0.29) is 5.91 Å². The molecule has 0 bridgehead atoms. The Morgan fingerprint density at radius 2 is 2.06 bits per heavy atom. The molecule has 1 amide bonds. The number of nitrogens with one attached hydrogen (secondary N) is 1. The van der Waals surface area contributed by atoms with Crippen molar-refractivity contribution >= 4 is 28.4 Å². The molecule has 1 unspecified atom stereocenters. The van der Waals surface area contributed by atoms with Crippen LogP contribution in [0, 0.1) is 11.3 Å². The van der Waals surface area contributed by atoms with Gasteiger partial charge in [0.15, 0.2) is 0 Å². The van der Waals surface area contributed by atoms with Crippen molar-refractivity contribution in [3.8, 4) is 5.75 Å². The first-order valence-electron chi connectivity index (χ1n) is 11.9. The van der Waals surface area contributed by atoms with Crippen molar-refractivity contribution < 1.29 is 19.8 Å². The number of aliphatic hydroxyl groups is 1. The van der Waals surface area contributed by atoms with E-state index in [9.17, 15) is 15.1 Å². The number of likely N-dealkylation sites (tertiary alicyclic amines) is 1. The highest BCUT2D eigenvalue weighted by molar-refractivity contribution is 6.32. The molecule has 7 nitrogen and oxygen atoms in total. The summed E-state index contributed by atoms with van der Waals surface area (Å²) in [5.74, 6) is 1.07. The largest absolute Gasteiger partial charge is 0.497 e. The Bertz CT molecular complexity index is 972. The topological polar surface area (TPSA) is 94.9 Å². The number of piperidine rings is 1. The number of benzene rings is 1. The summed E-state index contributed by atoms with van der Waals surface area (Å²) >= 11 is 6.45. The highest BCUT2D eigenvalue weighted by atomic mass is 35.5. The molecule has 1 aliphatic carbocycles. The second-order valence-electron chi connectivity index (χ2n) is 9.63. The standard InChI is InChI=1S/C25H34ClN3O4/c1-33-18-6-7-21-19(14-18)23(20(26)15-27-21)22(30)8-9-25(24(31)28-32)10-12-29(13-11-25)16-17-4-2-3-5-17/h6-7,14-15,17,22,30,32H,2-5,8-13,16H2,1H3,(H,28,31). The summed E-state index contributed by atoms with van der Waals surface area (Å²) in [6.07, 6.45) is 8.08. The van der Waals surface area contributed by atoms with Gasteiger partial charge in [-0.25, -0.2) is 5.48 Å². The lowest BCUT2D eigenvalue weighted by atomic mass is 9.73. The monoisotopic (exact) mass is 475 g/mol. The lowest BCUT2D eigenvalue weighted by Crippen LogP contribution is -2.49. The number of carbonyl (C=O) groups excluding carboxylic acids is 1. The van der Waals surface area contributed by atoms with Gasteiger partial charge in [0.2, 0.25) is 5.91 Å². The first-order chi connectivity index (χ1) is 16.0. The van der Waals surface area contributed by atoms with E-state index in [1.165, 1.54) is 25.7 Å². The molecule has 1 saturated carbocycles. The minimum absolute atomic E-state index is 0.353. The van der Waals surface area contributed by atoms with Gasteiger partial charge in [0.25, 0.3) is 0 Å². The van der Waals surface area contributed by atoms with E-state index in [4.69, 9.17) is 16.3 Å². The third-order valence-corrected chi connectivity index (χ3v) is 7.99. The van der Waals surface area contributed by atoms with Crippen molar-refractivity contribution in [2.45, 2.75) is 57.5 Å². The molecular formula is C25H34ClN3O4. The van der Waals surface area contributed by atoms with Crippen LogP contribution in [0.15, 0.2) is 24.4 Å². The van der Waals surface area contributed by atoms with Crippen LogP contribution in [0.2, 0.25) is 5.02 Å². The van der Waals surface area contributed by atoms with Crippen molar-refractivity contribution in [1.82, 2.24) is 15.4 Å². The number of aliphatic hydroxyl groups excluding tert-OH is 1. The van der Waals surface area contributed by atoms with E-state index >= 15 is 0 Å². The highest BCUT2D eigenvalue weighted by Gasteiger charge is 2.42. The maximum absolute atomic E-state index is 12.7. The summed E-state index contributed by atoms with van der Waals surface area (Å²) in [5.41, 5.74) is 2.51. The summed E-state index contributed by atoms with van der Waals surface area (Å²) in [5, 5.41) is 21.7. The van der Waals surface area contributed by atoms with E-state index in [0.717, 1.165) is 36.5 Å². The predicted molar refractivity (Wildman–Crippen MR) is 127 cm³/mol. The molecule has 1 aliphatic heterocycles. The zero-order valence-electron chi connectivity index (χ0n) is 19.2. The molecule has 8 heteroatoms. The van der Waals surface area contributed by atoms with Crippen LogP contribution < -0.4 is 10.2 Å². The van der Waals surface area contributed by atoms with Gasteiger partial charge in [0.05, 0.1) is 29.2 Å². The number of ether oxygens (including phenoxy) is 1. The fourth-order valence-electron chi connectivity index (χ4n) is 5.62. The van der Waals surface area contributed by atoms with Crippen LogP contribution >= 0.6 is 11.6 Å². The van der Waals surface area contributed by atoms with E-state index in [1.54, 1.807) is 13.3 Å². The number of amides is 1. The predicted octanol–water partition coefficient (Wildman–Crippen LogP) is 4.49. The number of hydroxylamine groups is 1. The van der Waals surface area contributed by atoms with Gasteiger partial charge in [0, 0.05) is 23.7 Å². The quantitative estimate of drug-likeness (QED) is 0.384. The molecule has 1 aromatic carbocycles. The van der Waals surface area contributed by atoms with Gasteiger partial charge in [-0.2, -0.15) is 0 Å². The van der Waals surface area contributed by atoms with Gasteiger partial charge < -0.3 is 14.7 Å². The Morgan fingerprint density at radius 3 is 2.73 bits per heavy atom. The Labute approximate surface area is 200 Å². The molecule has 2 heterocycles. The highest BCUT2D eigenvalue weighted by Crippen LogP contribution is 2.41. The average Bonchev–Trinajstić information content (AvgIpc) is 3.35. The molecule has 2 aromatic rings. The summed E-state index contributed by atoms with van der Waals surface area (Å²) in [6.45, 7) is 2.76.